The number of nitrogens with one attached hydrogen (secondary N) is 1. The molecule has 3 amide bonds. The molecule has 0 radical (unpaired) electrons. The zero-order valence-electron chi connectivity index (χ0n) is 21.9. The average Bonchev–Trinajstić information content (AvgIpc) is 3.44. The minimum atomic E-state index is -0.275. The summed E-state index contributed by atoms with van der Waals surface area (Å²) in [6, 6.07) is 17.2. The molecule has 1 N–H and O–H groups in total. The van der Waals surface area contributed by atoms with Crippen LogP contribution < -0.4 is 14.8 Å². The molecule has 2 aromatic carbocycles. The van der Waals surface area contributed by atoms with Crippen molar-refractivity contribution < 1.29 is 19.1 Å². The topological polar surface area (TPSA) is 71.1 Å². The monoisotopic (exact) mass is 541 g/mol. The third-order valence-electron chi connectivity index (χ3n) is 5.85. The van der Waals surface area contributed by atoms with Crippen LogP contribution in [0.5, 0.6) is 11.5 Å². The average molecular weight is 542 g/mol. The number of carbonyl (C=O) groups is 2. The molecule has 9 heteroatoms. The van der Waals surface area contributed by atoms with Crippen molar-refractivity contribution >= 4 is 40.7 Å². The molecule has 0 aliphatic heterocycles. The molecular weight excluding hydrogens is 506 g/mol. The molecule has 0 aliphatic carbocycles. The van der Waals surface area contributed by atoms with Crippen LogP contribution in [0.4, 0.5) is 10.5 Å². The number of carbonyl (C=O) groups excluding carboxylic acids is 2. The van der Waals surface area contributed by atoms with E-state index in [1.807, 2.05) is 78.1 Å². The van der Waals surface area contributed by atoms with Crippen LogP contribution in [0.25, 0.3) is 0 Å². The molecule has 0 unspecified atom stereocenters. The standard InChI is InChI=1S/C28H35N3O4S2/c1-5-15-31(28(33)29-22-9-11-23(36-4)12-10-22)20-27(32)30(19-24-7-6-17-37-24)16-14-21-8-13-25(34-2)26(18-21)35-3/h6-13,17-18H,5,14-16,19-20H2,1-4H3,(H,29,33). The Hall–Kier alpha value is -3.17. The van der Waals surface area contributed by atoms with Crippen molar-refractivity contribution in [2.24, 2.45) is 0 Å². The van der Waals surface area contributed by atoms with Gasteiger partial charge in [0, 0.05) is 28.5 Å². The Labute approximate surface area is 227 Å². The van der Waals surface area contributed by atoms with E-state index in [2.05, 4.69) is 5.32 Å². The van der Waals surface area contributed by atoms with Crippen LogP contribution in [0.15, 0.2) is 64.9 Å². The van der Waals surface area contributed by atoms with Gasteiger partial charge in [-0.25, -0.2) is 4.79 Å². The summed E-state index contributed by atoms with van der Waals surface area (Å²) in [7, 11) is 3.22. The number of benzene rings is 2. The summed E-state index contributed by atoms with van der Waals surface area (Å²) in [4.78, 5) is 32.2. The lowest BCUT2D eigenvalue weighted by atomic mass is 10.1. The number of methoxy groups -OCH3 is 2. The smallest absolute Gasteiger partial charge is 0.322 e. The number of amides is 3. The lowest BCUT2D eigenvalue weighted by Gasteiger charge is -2.27. The van der Waals surface area contributed by atoms with Crippen molar-refractivity contribution in [3.8, 4) is 11.5 Å². The van der Waals surface area contributed by atoms with E-state index in [1.54, 1.807) is 42.2 Å². The van der Waals surface area contributed by atoms with E-state index in [1.165, 1.54) is 0 Å². The van der Waals surface area contributed by atoms with Crippen molar-refractivity contribution in [3.05, 3.63) is 70.4 Å². The normalized spacial score (nSPS) is 10.6. The molecule has 1 heterocycles. The number of ether oxygens (including phenoxy) is 2. The number of rotatable bonds is 13. The maximum atomic E-state index is 13.5. The van der Waals surface area contributed by atoms with Gasteiger partial charge in [0.1, 0.15) is 6.54 Å². The van der Waals surface area contributed by atoms with Gasteiger partial charge in [0.05, 0.1) is 20.8 Å². The highest BCUT2D eigenvalue weighted by Gasteiger charge is 2.22. The van der Waals surface area contributed by atoms with Gasteiger partial charge in [-0.3, -0.25) is 4.79 Å². The van der Waals surface area contributed by atoms with Crippen molar-refractivity contribution in [2.75, 3.05) is 45.4 Å². The predicted octanol–water partition coefficient (Wildman–Crippen LogP) is 6.00. The van der Waals surface area contributed by atoms with Crippen LogP contribution in [0.3, 0.4) is 0 Å². The van der Waals surface area contributed by atoms with Gasteiger partial charge >= 0.3 is 6.03 Å². The lowest BCUT2D eigenvalue weighted by Crippen LogP contribution is -2.45. The number of urea groups is 1. The van der Waals surface area contributed by atoms with E-state index in [-0.39, 0.29) is 18.5 Å². The highest BCUT2D eigenvalue weighted by molar-refractivity contribution is 7.98. The quantitative estimate of drug-likeness (QED) is 0.269. The first-order valence-electron chi connectivity index (χ1n) is 12.2. The van der Waals surface area contributed by atoms with Crippen LogP contribution in [-0.4, -0.2) is 61.8 Å². The zero-order chi connectivity index (χ0) is 26.6. The molecule has 0 spiro atoms. The first-order valence-corrected chi connectivity index (χ1v) is 14.3. The Morgan fingerprint density at radius 1 is 0.973 bits per heavy atom. The molecular formula is C28H35N3O4S2. The largest absolute Gasteiger partial charge is 0.493 e. The van der Waals surface area contributed by atoms with Crippen LogP contribution in [0.2, 0.25) is 0 Å². The van der Waals surface area contributed by atoms with E-state index >= 15 is 0 Å². The summed E-state index contributed by atoms with van der Waals surface area (Å²) in [6.45, 7) is 3.52. The zero-order valence-corrected chi connectivity index (χ0v) is 23.5. The number of thiophene rings is 1. The number of nitrogens with zero attached hydrogens (tertiary/aromatic N) is 2. The molecule has 0 bridgehead atoms. The Bertz CT molecular complexity index is 1140. The Kier molecular flexibility index (Phi) is 11.2. The van der Waals surface area contributed by atoms with Crippen LogP contribution >= 0.6 is 23.1 Å². The Balaban J connectivity index is 1.70. The molecule has 0 atom stereocenters. The first-order chi connectivity index (χ1) is 18.0. The summed E-state index contributed by atoms with van der Waals surface area (Å²) < 4.78 is 10.8. The van der Waals surface area contributed by atoms with Gasteiger partial charge in [-0.05, 0) is 72.5 Å². The lowest BCUT2D eigenvalue weighted by molar-refractivity contribution is -0.132. The maximum absolute atomic E-state index is 13.5. The SMILES string of the molecule is CCCN(CC(=O)N(CCc1ccc(OC)c(OC)c1)Cc1cccs1)C(=O)Nc1ccc(SC)cc1. The number of thioether (sulfide) groups is 1. The van der Waals surface area contributed by atoms with Gasteiger partial charge < -0.3 is 24.6 Å². The number of hydrogen-bond acceptors (Lipinski definition) is 6. The fourth-order valence-electron chi connectivity index (χ4n) is 3.85. The second-order valence-electron chi connectivity index (χ2n) is 8.41. The molecule has 0 fully saturated rings. The molecule has 3 aromatic rings. The first kappa shape index (κ1) is 28.4. The van der Waals surface area contributed by atoms with E-state index in [0.29, 0.717) is 43.2 Å². The second-order valence-corrected chi connectivity index (χ2v) is 10.3. The second kappa shape index (κ2) is 14.5. The van der Waals surface area contributed by atoms with Gasteiger partial charge in [-0.2, -0.15) is 0 Å². The summed E-state index contributed by atoms with van der Waals surface area (Å²) in [5.41, 5.74) is 1.75. The van der Waals surface area contributed by atoms with Crippen molar-refractivity contribution in [3.63, 3.8) is 0 Å². The van der Waals surface area contributed by atoms with Crippen LogP contribution in [0.1, 0.15) is 23.8 Å². The van der Waals surface area contributed by atoms with Gasteiger partial charge in [0.25, 0.3) is 0 Å². The number of hydrogen-bond donors (Lipinski definition) is 1. The van der Waals surface area contributed by atoms with Crippen molar-refractivity contribution in [2.45, 2.75) is 31.2 Å². The summed E-state index contributed by atoms with van der Waals surface area (Å²) in [5.74, 6) is 1.24. The summed E-state index contributed by atoms with van der Waals surface area (Å²) in [6.07, 6.45) is 3.41. The third-order valence-corrected chi connectivity index (χ3v) is 7.45. The molecule has 0 aliphatic rings. The fraction of sp³-hybridized carbons (Fsp3) is 0.357. The maximum Gasteiger partial charge on any atom is 0.322 e. The van der Waals surface area contributed by atoms with Crippen LogP contribution in [-0.2, 0) is 17.8 Å². The Morgan fingerprint density at radius 2 is 1.73 bits per heavy atom. The van der Waals surface area contributed by atoms with E-state index in [4.69, 9.17) is 9.47 Å². The highest BCUT2D eigenvalue weighted by Crippen LogP contribution is 2.28. The molecule has 3 rings (SSSR count). The highest BCUT2D eigenvalue weighted by atomic mass is 32.2. The van der Waals surface area contributed by atoms with Gasteiger partial charge in [0.15, 0.2) is 11.5 Å². The molecule has 7 nitrogen and oxygen atoms in total. The molecule has 1 aromatic heterocycles. The summed E-state index contributed by atoms with van der Waals surface area (Å²) in [5, 5.41) is 4.94. The summed E-state index contributed by atoms with van der Waals surface area (Å²) >= 11 is 3.26. The molecule has 0 saturated heterocycles. The van der Waals surface area contributed by atoms with Crippen LogP contribution in [0, 0.1) is 0 Å². The van der Waals surface area contributed by atoms with E-state index in [9.17, 15) is 9.59 Å². The third kappa shape index (κ3) is 8.43. The minimum absolute atomic E-state index is 0.0138. The fourth-order valence-corrected chi connectivity index (χ4v) is 4.97. The Morgan fingerprint density at radius 3 is 2.35 bits per heavy atom. The molecule has 198 valence electrons. The molecule has 0 saturated carbocycles. The minimum Gasteiger partial charge on any atom is -0.493 e. The van der Waals surface area contributed by atoms with E-state index in [0.717, 1.165) is 21.8 Å². The van der Waals surface area contributed by atoms with Crippen molar-refractivity contribution in [1.82, 2.24) is 9.80 Å². The van der Waals surface area contributed by atoms with Gasteiger partial charge in [-0.1, -0.05) is 19.1 Å². The number of anilines is 1. The predicted molar refractivity (Wildman–Crippen MR) is 152 cm³/mol. The van der Waals surface area contributed by atoms with E-state index < -0.39 is 0 Å². The van der Waals surface area contributed by atoms with Gasteiger partial charge in [0.2, 0.25) is 5.91 Å². The van der Waals surface area contributed by atoms with Gasteiger partial charge in [-0.15, -0.1) is 23.1 Å². The molecule has 37 heavy (non-hydrogen) atoms. The van der Waals surface area contributed by atoms with Crippen molar-refractivity contribution in [1.29, 1.82) is 0 Å².